The van der Waals surface area contributed by atoms with E-state index in [0.29, 0.717) is 45.1 Å². The number of ether oxygens (including phenoxy) is 1. The molecule has 0 spiro atoms. The highest BCUT2D eigenvalue weighted by Gasteiger charge is 2.34. The Morgan fingerprint density at radius 1 is 1.32 bits per heavy atom. The van der Waals surface area contributed by atoms with E-state index in [4.69, 9.17) is 9.73 Å². The van der Waals surface area contributed by atoms with Crippen LogP contribution in [0, 0.1) is 11.2 Å². The summed E-state index contributed by atoms with van der Waals surface area (Å²) in [5.41, 5.74) is 1.11. The van der Waals surface area contributed by atoms with Gasteiger partial charge in [0.15, 0.2) is 10.8 Å². The van der Waals surface area contributed by atoms with E-state index in [2.05, 4.69) is 31.5 Å². The summed E-state index contributed by atoms with van der Waals surface area (Å²) >= 11 is 4.82. The highest BCUT2D eigenvalue weighted by Crippen LogP contribution is 2.36. The Hall–Kier alpha value is -2.43. The lowest BCUT2D eigenvalue weighted by Crippen LogP contribution is -2.38. The minimum absolute atomic E-state index is 0.148. The van der Waals surface area contributed by atoms with Crippen LogP contribution in [0.3, 0.4) is 0 Å². The molecule has 0 fully saturated rings. The largest absolute Gasteiger partial charge is 0.463 e. The van der Waals surface area contributed by atoms with Crippen molar-refractivity contribution in [2.45, 2.75) is 40.2 Å². The lowest BCUT2D eigenvalue weighted by atomic mass is 9.89. The summed E-state index contributed by atoms with van der Waals surface area (Å²) in [5.74, 6) is -0.261. The quantitative estimate of drug-likeness (QED) is 0.351. The zero-order valence-corrected chi connectivity index (χ0v) is 22.0. The van der Waals surface area contributed by atoms with Crippen LogP contribution in [-0.2, 0) is 14.3 Å². The van der Waals surface area contributed by atoms with Gasteiger partial charge in [-0.15, -0.1) is 11.3 Å². The number of esters is 1. The summed E-state index contributed by atoms with van der Waals surface area (Å²) in [4.78, 5) is 34.5. The van der Waals surface area contributed by atoms with Gasteiger partial charge in [0.2, 0.25) is 0 Å². The van der Waals surface area contributed by atoms with E-state index >= 15 is 0 Å². The summed E-state index contributed by atoms with van der Waals surface area (Å²) in [7, 11) is 0. The number of nitrogens with one attached hydrogen (secondary N) is 2. The van der Waals surface area contributed by atoms with Gasteiger partial charge in [-0.05, 0) is 24.6 Å². The molecule has 10 heteroatoms. The van der Waals surface area contributed by atoms with E-state index in [0.717, 1.165) is 0 Å². The van der Waals surface area contributed by atoms with Crippen LogP contribution in [0.2, 0.25) is 0 Å². The van der Waals surface area contributed by atoms with Crippen molar-refractivity contribution in [2.75, 3.05) is 19.7 Å². The van der Waals surface area contributed by atoms with Crippen LogP contribution in [0.25, 0.3) is 0 Å². The monoisotopic (exact) mass is 550 g/mol. The van der Waals surface area contributed by atoms with Crippen LogP contribution < -0.4 is 10.6 Å². The Labute approximate surface area is 211 Å². The third-order valence-corrected chi connectivity index (χ3v) is 6.65. The van der Waals surface area contributed by atoms with Gasteiger partial charge in [0, 0.05) is 46.7 Å². The first-order chi connectivity index (χ1) is 16.1. The number of ketones is 1. The Morgan fingerprint density at radius 3 is 2.71 bits per heavy atom. The fourth-order valence-electron chi connectivity index (χ4n) is 3.37. The number of halogens is 2. The van der Waals surface area contributed by atoms with Crippen LogP contribution in [0.1, 0.15) is 50.7 Å². The van der Waals surface area contributed by atoms with Gasteiger partial charge in [-0.25, -0.2) is 14.2 Å². The molecule has 1 aromatic carbocycles. The van der Waals surface area contributed by atoms with Crippen molar-refractivity contribution in [2.24, 2.45) is 10.4 Å². The van der Waals surface area contributed by atoms with Gasteiger partial charge in [0.1, 0.15) is 17.6 Å². The van der Waals surface area contributed by atoms with E-state index in [-0.39, 0.29) is 18.9 Å². The number of rotatable bonds is 9. The number of thiazole rings is 1. The lowest BCUT2D eigenvalue weighted by molar-refractivity contribution is -0.139. The average Bonchev–Trinajstić information content (AvgIpc) is 3.30. The number of hydrogen-bond donors (Lipinski definition) is 2. The second-order valence-electron chi connectivity index (χ2n) is 8.72. The summed E-state index contributed by atoms with van der Waals surface area (Å²) in [6, 6.07) is 3.54. The molecule has 2 heterocycles. The number of carbonyl (C=O) groups excluding carboxylic acids is 2. The number of Topliss-reactive ketones (excluding diaryl/α,β-unsaturated/α-hetero) is 1. The second kappa shape index (κ2) is 11.3. The molecule has 1 unspecified atom stereocenters. The molecule has 7 nitrogen and oxygen atoms in total. The minimum atomic E-state index is -0.734. The summed E-state index contributed by atoms with van der Waals surface area (Å²) in [6.45, 7) is 8.34. The number of amidine groups is 1. The van der Waals surface area contributed by atoms with Gasteiger partial charge >= 0.3 is 5.97 Å². The fraction of sp³-hybridized carbons (Fsp3) is 0.417. The molecular weight excluding hydrogens is 523 g/mol. The summed E-state index contributed by atoms with van der Waals surface area (Å²) in [6.07, 6.45) is 2.04. The van der Waals surface area contributed by atoms with E-state index < -0.39 is 23.2 Å². The highest BCUT2D eigenvalue weighted by molar-refractivity contribution is 9.10. The van der Waals surface area contributed by atoms with Gasteiger partial charge < -0.3 is 15.4 Å². The maximum Gasteiger partial charge on any atom is 0.338 e. The predicted molar refractivity (Wildman–Crippen MR) is 134 cm³/mol. The molecule has 2 aromatic rings. The van der Waals surface area contributed by atoms with Crippen LogP contribution in [0.15, 0.2) is 50.5 Å². The Kier molecular flexibility index (Phi) is 8.72. The lowest BCUT2D eigenvalue weighted by Gasteiger charge is -2.28. The van der Waals surface area contributed by atoms with Gasteiger partial charge in [0.25, 0.3) is 0 Å². The third kappa shape index (κ3) is 6.37. The molecule has 2 N–H and O–H groups in total. The van der Waals surface area contributed by atoms with Crippen LogP contribution in [0.4, 0.5) is 4.39 Å². The maximum absolute atomic E-state index is 13.8. The van der Waals surface area contributed by atoms with Crippen molar-refractivity contribution in [1.29, 1.82) is 0 Å². The van der Waals surface area contributed by atoms with Crippen molar-refractivity contribution >= 4 is 44.9 Å². The minimum Gasteiger partial charge on any atom is -0.463 e. The van der Waals surface area contributed by atoms with E-state index in [9.17, 15) is 14.0 Å². The SMILES string of the molecule is CCOC(=O)C1=C(CNCCC(=O)C(C)(C)C)NC(c2nccs2)=NC1c1ccc(F)cc1Br. The van der Waals surface area contributed by atoms with Crippen molar-refractivity contribution in [3.63, 3.8) is 0 Å². The molecule has 0 saturated heterocycles. The smallest absolute Gasteiger partial charge is 0.338 e. The van der Waals surface area contributed by atoms with Gasteiger partial charge in [-0.1, -0.05) is 42.8 Å². The molecule has 0 aliphatic carbocycles. The number of hydrogen-bond acceptors (Lipinski definition) is 8. The van der Waals surface area contributed by atoms with E-state index in [1.165, 1.54) is 23.5 Å². The first-order valence-corrected chi connectivity index (χ1v) is 12.6. The molecule has 0 saturated carbocycles. The zero-order valence-electron chi connectivity index (χ0n) is 19.6. The van der Waals surface area contributed by atoms with Crippen LogP contribution in [0.5, 0.6) is 0 Å². The Bertz CT molecular complexity index is 1110. The molecule has 3 rings (SSSR count). The van der Waals surface area contributed by atoms with E-state index in [1.54, 1.807) is 19.2 Å². The Morgan fingerprint density at radius 2 is 2.09 bits per heavy atom. The number of aromatic nitrogens is 1. The molecule has 1 aromatic heterocycles. The molecular formula is C24H28BrFN4O3S. The molecule has 1 aliphatic heterocycles. The standard InChI is InChI=1S/C24H28BrFN4O3S/c1-5-33-23(32)19-17(13-27-9-8-18(31)24(2,3)4)29-21(22-28-10-11-34-22)30-20(19)15-7-6-14(26)12-16(15)25/h6-7,10-12,20,27H,5,8-9,13H2,1-4H3,(H,29,30). The zero-order chi connectivity index (χ0) is 24.9. The molecule has 0 bridgehead atoms. The average molecular weight is 551 g/mol. The maximum atomic E-state index is 13.8. The molecule has 34 heavy (non-hydrogen) atoms. The highest BCUT2D eigenvalue weighted by atomic mass is 79.9. The molecule has 1 atom stereocenters. The van der Waals surface area contributed by atoms with Crippen molar-refractivity contribution < 1.29 is 18.7 Å². The van der Waals surface area contributed by atoms with Gasteiger partial charge in [0.05, 0.1) is 12.2 Å². The number of benzene rings is 1. The van der Waals surface area contributed by atoms with Crippen molar-refractivity contribution in [3.8, 4) is 0 Å². The molecule has 0 amide bonds. The normalized spacial score (nSPS) is 16.2. The van der Waals surface area contributed by atoms with E-state index in [1.807, 2.05) is 26.2 Å². The third-order valence-electron chi connectivity index (χ3n) is 5.18. The van der Waals surface area contributed by atoms with Gasteiger partial charge in [-0.3, -0.25) is 9.79 Å². The molecule has 1 aliphatic rings. The topological polar surface area (TPSA) is 92.7 Å². The van der Waals surface area contributed by atoms with Crippen molar-refractivity contribution in [1.82, 2.24) is 15.6 Å². The first-order valence-electron chi connectivity index (χ1n) is 11.0. The summed E-state index contributed by atoms with van der Waals surface area (Å²) < 4.78 is 19.6. The van der Waals surface area contributed by atoms with Crippen LogP contribution in [-0.4, -0.2) is 42.3 Å². The van der Waals surface area contributed by atoms with Gasteiger partial charge in [-0.2, -0.15) is 0 Å². The molecule has 0 radical (unpaired) electrons. The number of carbonyl (C=O) groups is 2. The second-order valence-corrected chi connectivity index (χ2v) is 10.5. The summed E-state index contributed by atoms with van der Waals surface area (Å²) in [5, 5.41) is 8.98. The number of aliphatic imine (C=N–C) groups is 1. The van der Waals surface area contributed by atoms with Crippen molar-refractivity contribution in [3.05, 3.63) is 61.9 Å². The molecule has 182 valence electrons. The first kappa shape index (κ1) is 26.2. The fourth-order valence-corrected chi connectivity index (χ4v) is 4.53. The predicted octanol–water partition coefficient (Wildman–Crippen LogP) is 4.55. The number of nitrogens with zero attached hydrogens (tertiary/aromatic N) is 2. The van der Waals surface area contributed by atoms with Crippen LogP contribution >= 0.6 is 27.3 Å². The Balaban J connectivity index is 1.97.